The van der Waals surface area contributed by atoms with Gasteiger partial charge in [-0.05, 0) is 22.9 Å². The summed E-state index contributed by atoms with van der Waals surface area (Å²) in [6, 6.07) is 11.6. The van der Waals surface area contributed by atoms with Crippen molar-refractivity contribution in [2.45, 2.75) is 13.2 Å². The molecule has 2 heterocycles. The molecule has 0 aliphatic carbocycles. The molecule has 4 aromatic rings. The van der Waals surface area contributed by atoms with Crippen LogP contribution in [0, 0.1) is 10.1 Å². The van der Waals surface area contributed by atoms with Crippen LogP contribution in [-0.4, -0.2) is 15.5 Å². The van der Waals surface area contributed by atoms with Crippen LogP contribution < -0.4 is 5.76 Å². The summed E-state index contributed by atoms with van der Waals surface area (Å²) < 4.78 is 12.5. The van der Waals surface area contributed by atoms with Gasteiger partial charge in [0.15, 0.2) is 5.58 Å². The summed E-state index contributed by atoms with van der Waals surface area (Å²) in [6.45, 7) is -0.245. The maximum atomic E-state index is 12.2. The lowest BCUT2D eigenvalue weighted by atomic mass is 10.2. The monoisotopic (exact) mass is 384 g/mol. The molecule has 0 saturated heterocycles. The maximum absolute atomic E-state index is 12.2. The third-order valence-electron chi connectivity index (χ3n) is 4.10. The summed E-state index contributed by atoms with van der Waals surface area (Å²) in [5, 5.41) is 13.8. The van der Waals surface area contributed by atoms with E-state index >= 15 is 0 Å². The molecule has 0 unspecified atom stereocenters. The van der Waals surface area contributed by atoms with Crippen molar-refractivity contribution in [2.24, 2.45) is 0 Å². The van der Waals surface area contributed by atoms with Gasteiger partial charge in [0.05, 0.1) is 16.5 Å². The largest absolute Gasteiger partial charge is 0.459 e. The third-order valence-corrected chi connectivity index (χ3v) is 5.11. The van der Waals surface area contributed by atoms with Gasteiger partial charge in [-0.3, -0.25) is 19.5 Å². The Morgan fingerprint density at radius 3 is 2.89 bits per heavy atom. The van der Waals surface area contributed by atoms with Crippen LogP contribution in [0.5, 0.6) is 0 Å². The average Bonchev–Trinajstić information content (AvgIpc) is 3.20. The summed E-state index contributed by atoms with van der Waals surface area (Å²) in [6.07, 6.45) is 0. The topological polar surface area (TPSA) is 105 Å². The molecule has 0 bridgehead atoms. The Hall–Kier alpha value is -3.46. The highest BCUT2D eigenvalue weighted by Crippen LogP contribution is 2.26. The summed E-state index contributed by atoms with van der Waals surface area (Å²) in [5.41, 5.74) is 1.04. The number of carbonyl (C=O) groups excluding carboxylic acids is 1. The number of nitro benzene ring substituents is 1. The van der Waals surface area contributed by atoms with Gasteiger partial charge in [0.1, 0.15) is 13.2 Å². The van der Waals surface area contributed by atoms with E-state index in [-0.39, 0.29) is 24.4 Å². The minimum absolute atomic E-state index is 0.0471. The lowest BCUT2D eigenvalue weighted by molar-refractivity contribution is -0.384. The van der Waals surface area contributed by atoms with Gasteiger partial charge in [-0.2, -0.15) is 0 Å². The number of benzene rings is 2. The number of rotatable bonds is 5. The number of nitro groups is 1. The van der Waals surface area contributed by atoms with E-state index in [9.17, 15) is 19.7 Å². The fourth-order valence-corrected chi connectivity index (χ4v) is 3.74. The first-order chi connectivity index (χ1) is 13.0. The van der Waals surface area contributed by atoms with Crippen LogP contribution in [0.25, 0.3) is 21.2 Å². The van der Waals surface area contributed by atoms with Crippen LogP contribution in [-0.2, 0) is 22.7 Å². The smallest absolute Gasteiger partial charge is 0.420 e. The van der Waals surface area contributed by atoms with Crippen molar-refractivity contribution in [1.29, 1.82) is 0 Å². The molecule has 2 aromatic heterocycles. The van der Waals surface area contributed by atoms with E-state index in [1.54, 1.807) is 11.3 Å². The van der Waals surface area contributed by atoms with Crippen LogP contribution in [0.2, 0.25) is 0 Å². The fourth-order valence-electron chi connectivity index (χ4n) is 2.80. The summed E-state index contributed by atoms with van der Waals surface area (Å²) in [5.74, 6) is -1.38. The molecule has 0 aliphatic rings. The number of ether oxygens (including phenoxy) is 1. The van der Waals surface area contributed by atoms with Gasteiger partial charge >= 0.3 is 11.7 Å². The number of aromatic nitrogens is 1. The molecule has 0 saturated carbocycles. The van der Waals surface area contributed by atoms with Crippen LogP contribution in [0.15, 0.2) is 57.1 Å². The first kappa shape index (κ1) is 17.0. The standard InChI is InChI=1S/C18H12N2O6S/c21-17(25-9-11-10-27-16-4-2-1-3-13(11)16)8-19-14-6-5-12(20(23)24)7-15(14)26-18(19)22/h1-7,10H,8-9H2. The second kappa shape index (κ2) is 6.69. The predicted molar refractivity (Wildman–Crippen MR) is 98.7 cm³/mol. The molecule has 0 radical (unpaired) electrons. The van der Waals surface area contributed by atoms with E-state index in [1.165, 1.54) is 12.1 Å². The van der Waals surface area contributed by atoms with Crippen LogP contribution in [0.3, 0.4) is 0 Å². The zero-order valence-corrected chi connectivity index (χ0v) is 14.6. The Morgan fingerprint density at radius 1 is 1.26 bits per heavy atom. The number of fused-ring (bicyclic) bond motifs is 2. The van der Waals surface area contributed by atoms with Crippen LogP contribution in [0.4, 0.5) is 5.69 Å². The molecule has 136 valence electrons. The lowest BCUT2D eigenvalue weighted by Gasteiger charge is -2.05. The number of carbonyl (C=O) groups is 1. The fraction of sp³-hybridized carbons (Fsp3) is 0.111. The highest BCUT2D eigenvalue weighted by Gasteiger charge is 2.17. The highest BCUT2D eigenvalue weighted by molar-refractivity contribution is 7.17. The molecule has 0 N–H and O–H groups in total. The number of thiophene rings is 1. The summed E-state index contributed by atoms with van der Waals surface area (Å²) in [7, 11) is 0. The molecule has 9 heteroatoms. The van der Waals surface area contributed by atoms with E-state index in [4.69, 9.17) is 9.15 Å². The highest BCUT2D eigenvalue weighted by atomic mass is 32.1. The Balaban J connectivity index is 1.52. The van der Waals surface area contributed by atoms with Gasteiger partial charge in [-0.25, -0.2) is 4.79 Å². The first-order valence-electron chi connectivity index (χ1n) is 7.91. The lowest BCUT2D eigenvalue weighted by Crippen LogP contribution is -2.21. The van der Waals surface area contributed by atoms with Crippen molar-refractivity contribution in [3.05, 3.63) is 74.1 Å². The molecule has 0 spiro atoms. The molecule has 0 aliphatic heterocycles. The maximum Gasteiger partial charge on any atom is 0.420 e. The van der Waals surface area contributed by atoms with Crippen molar-refractivity contribution >= 4 is 44.2 Å². The van der Waals surface area contributed by atoms with Crippen LogP contribution >= 0.6 is 11.3 Å². The van der Waals surface area contributed by atoms with Crippen molar-refractivity contribution in [3.63, 3.8) is 0 Å². The molecule has 27 heavy (non-hydrogen) atoms. The summed E-state index contributed by atoms with van der Waals surface area (Å²) in [4.78, 5) is 34.4. The second-order valence-corrected chi connectivity index (χ2v) is 6.69. The minimum atomic E-state index is -0.775. The Morgan fingerprint density at radius 2 is 2.07 bits per heavy atom. The van der Waals surface area contributed by atoms with Crippen molar-refractivity contribution in [3.8, 4) is 0 Å². The van der Waals surface area contributed by atoms with Crippen molar-refractivity contribution < 1.29 is 18.9 Å². The SMILES string of the molecule is O=C(Cn1c(=O)oc2cc([N+](=O)[O-])ccc21)OCc1csc2ccccc12. The molecule has 0 atom stereocenters. The van der Waals surface area contributed by atoms with E-state index in [2.05, 4.69) is 0 Å². The van der Waals surface area contributed by atoms with Crippen molar-refractivity contribution in [2.75, 3.05) is 0 Å². The predicted octanol–water partition coefficient (Wildman–Crippen LogP) is 3.46. The van der Waals surface area contributed by atoms with Gasteiger partial charge in [0.25, 0.3) is 5.69 Å². The Kier molecular flexibility index (Phi) is 4.21. The number of esters is 1. The quantitative estimate of drug-likeness (QED) is 0.296. The second-order valence-electron chi connectivity index (χ2n) is 5.78. The molecule has 0 amide bonds. The number of hydrogen-bond donors (Lipinski definition) is 0. The van der Waals surface area contributed by atoms with Crippen molar-refractivity contribution in [1.82, 2.24) is 4.57 Å². The van der Waals surface area contributed by atoms with E-state index in [0.717, 1.165) is 26.3 Å². The third kappa shape index (κ3) is 3.20. The molecular weight excluding hydrogens is 372 g/mol. The van der Waals surface area contributed by atoms with Gasteiger partial charge in [-0.15, -0.1) is 11.3 Å². The average molecular weight is 384 g/mol. The molecule has 8 nitrogen and oxygen atoms in total. The number of non-ortho nitro benzene ring substituents is 1. The van der Waals surface area contributed by atoms with E-state index < -0.39 is 16.6 Å². The zero-order chi connectivity index (χ0) is 19.0. The molecule has 2 aromatic carbocycles. The van der Waals surface area contributed by atoms with E-state index in [0.29, 0.717) is 5.52 Å². The Bertz CT molecular complexity index is 1240. The van der Waals surface area contributed by atoms with E-state index in [1.807, 2.05) is 29.6 Å². The summed E-state index contributed by atoms with van der Waals surface area (Å²) >= 11 is 1.56. The number of oxazole rings is 1. The Labute approximate surface area is 155 Å². The van der Waals surface area contributed by atoms with Gasteiger partial charge in [0, 0.05) is 16.3 Å². The first-order valence-corrected chi connectivity index (χ1v) is 8.79. The number of hydrogen-bond acceptors (Lipinski definition) is 7. The van der Waals surface area contributed by atoms with Gasteiger partial charge in [-0.1, -0.05) is 18.2 Å². The van der Waals surface area contributed by atoms with Gasteiger partial charge < -0.3 is 9.15 Å². The minimum Gasteiger partial charge on any atom is -0.459 e. The molecular formula is C18H12N2O6S. The normalized spacial score (nSPS) is 11.1. The van der Waals surface area contributed by atoms with Crippen LogP contribution in [0.1, 0.15) is 5.56 Å². The molecule has 4 rings (SSSR count). The zero-order valence-electron chi connectivity index (χ0n) is 13.8. The number of nitrogens with zero attached hydrogens (tertiary/aromatic N) is 2. The molecule has 0 fully saturated rings. The van der Waals surface area contributed by atoms with Gasteiger partial charge in [0.2, 0.25) is 0 Å².